The molecule has 1 aliphatic carbocycles. The summed E-state index contributed by atoms with van der Waals surface area (Å²) in [6, 6.07) is 16.1. The van der Waals surface area contributed by atoms with Crippen LogP contribution in [-0.2, 0) is 30.5 Å². The largest absolute Gasteiger partial charge is 0.492 e. The number of sulfone groups is 1. The first kappa shape index (κ1) is 23.8. The van der Waals surface area contributed by atoms with Crippen molar-refractivity contribution in [3.63, 3.8) is 0 Å². The van der Waals surface area contributed by atoms with E-state index >= 15 is 0 Å². The van der Waals surface area contributed by atoms with Gasteiger partial charge in [-0.1, -0.05) is 49.0 Å². The van der Waals surface area contributed by atoms with Crippen molar-refractivity contribution in [1.82, 2.24) is 0 Å². The highest BCUT2D eigenvalue weighted by molar-refractivity contribution is 7.91. The number of fused-ring (bicyclic) bond motifs is 1. The van der Waals surface area contributed by atoms with Crippen LogP contribution in [-0.4, -0.2) is 52.3 Å². The summed E-state index contributed by atoms with van der Waals surface area (Å²) in [7, 11) is -3.32. The van der Waals surface area contributed by atoms with E-state index in [0.717, 1.165) is 24.5 Å². The van der Waals surface area contributed by atoms with Crippen molar-refractivity contribution in [3.05, 3.63) is 77.9 Å². The molecule has 0 aliphatic heterocycles. The standard InChI is InChI=1S/C25H28O6S/c1-2-25(26)31-14-13-29-15-17-32(27,28)18-16-30-24-10-6-9-21-11-12-22(19-23(21)24)20-7-4-3-5-8-20/h2-10,19H,1,11-18H2. The number of ether oxygens (including phenoxy) is 3. The van der Waals surface area contributed by atoms with Crippen LogP contribution in [0.1, 0.15) is 23.1 Å². The van der Waals surface area contributed by atoms with E-state index in [4.69, 9.17) is 14.2 Å². The van der Waals surface area contributed by atoms with Gasteiger partial charge in [-0.25, -0.2) is 13.2 Å². The van der Waals surface area contributed by atoms with Gasteiger partial charge in [0.25, 0.3) is 0 Å². The summed E-state index contributed by atoms with van der Waals surface area (Å²) in [6.07, 6.45) is 5.09. The molecule has 0 fully saturated rings. The smallest absolute Gasteiger partial charge is 0.330 e. The Labute approximate surface area is 189 Å². The minimum absolute atomic E-state index is 0.0396. The zero-order valence-corrected chi connectivity index (χ0v) is 18.8. The Morgan fingerprint density at radius 1 is 0.938 bits per heavy atom. The molecule has 6 nitrogen and oxygen atoms in total. The van der Waals surface area contributed by atoms with E-state index in [1.165, 1.54) is 16.7 Å². The van der Waals surface area contributed by atoms with Crippen LogP contribution >= 0.6 is 0 Å². The second kappa shape index (κ2) is 11.6. The molecule has 7 heteroatoms. The third-order valence-electron chi connectivity index (χ3n) is 5.11. The lowest BCUT2D eigenvalue weighted by molar-refractivity contribution is -0.139. The molecule has 1 aliphatic rings. The van der Waals surface area contributed by atoms with Crippen LogP contribution in [0.5, 0.6) is 5.75 Å². The van der Waals surface area contributed by atoms with Gasteiger partial charge in [0.1, 0.15) is 19.0 Å². The molecule has 32 heavy (non-hydrogen) atoms. The number of esters is 1. The predicted octanol–water partition coefficient (Wildman–Crippen LogP) is 3.71. The minimum atomic E-state index is -3.32. The van der Waals surface area contributed by atoms with Gasteiger partial charge >= 0.3 is 5.97 Å². The molecule has 2 aromatic rings. The SMILES string of the molecule is C=CC(=O)OCCOCCS(=O)(=O)CCOc1cccc2c1C=C(c1ccccc1)CC2. The molecule has 2 aromatic carbocycles. The van der Waals surface area contributed by atoms with Crippen LogP contribution < -0.4 is 4.74 Å². The third kappa shape index (κ3) is 7.07. The summed E-state index contributed by atoms with van der Waals surface area (Å²) >= 11 is 0. The van der Waals surface area contributed by atoms with Crippen molar-refractivity contribution in [1.29, 1.82) is 0 Å². The highest BCUT2D eigenvalue weighted by Crippen LogP contribution is 2.35. The quantitative estimate of drug-likeness (QED) is 0.275. The zero-order valence-electron chi connectivity index (χ0n) is 18.0. The molecule has 0 atom stereocenters. The van der Waals surface area contributed by atoms with Gasteiger partial charge in [0.15, 0.2) is 9.84 Å². The van der Waals surface area contributed by atoms with E-state index in [0.29, 0.717) is 5.75 Å². The van der Waals surface area contributed by atoms with Gasteiger partial charge in [0.2, 0.25) is 0 Å². The fourth-order valence-corrected chi connectivity index (χ4v) is 4.33. The lowest BCUT2D eigenvalue weighted by Gasteiger charge is -2.20. The molecular formula is C25H28O6S. The van der Waals surface area contributed by atoms with Crippen LogP contribution in [0.3, 0.4) is 0 Å². The first-order valence-corrected chi connectivity index (χ1v) is 12.4. The fourth-order valence-electron chi connectivity index (χ4n) is 3.42. The Morgan fingerprint density at radius 2 is 1.72 bits per heavy atom. The van der Waals surface area contributed by atoms with Gasteiger partial charge in [0, 0.05) is 11.6 Å². The number of hydrogen-bond donors (Lipinski definition) is 0. The summed E-state index contributed by atoms with van der Waals surface area (Å²) in [6.45, 7) is 3.60. The Kier molecular flexibility index (Phi) is 8.64. The maximum atomic E-state index is 12.3. The summed E-state index contributed by atoms with van der Waals surface area (Å²) in [5.41, 5.74) is 4.66. The van der Waals surface area contributed by atoms with Crippen LogP contribution in [0.4, 0.5) is 0 Å². The molecule has 0 saturated carbocycles. The Hall–Kier alpha value is -2.90. The third-order valence-corrected chi connectivity index (χ3v) is 6.69. The van der Waals surface area contributed by atoms with Crippen molar-refractivity contribution >= 4 is 27.5 Å². The van der Waals surface area contributed by atoms with Crippen LogP contribution in [0.25, 0.3) is 11.6 Å². The summed E-state index contributed by atoms with van der Waals surface area (Å²) in [5.74, 6) is -0.0457. The summed E-state index contributed by atoms with van der Waals surface area (Å²) in [4.78, 5) is 10.9. The van der Waals surface area contributed by atoms with Gasteiger partial charge in [0.05, 0.1) is 24.7 Å². The molecular weight excluding hydrogens is 428 g/mol. The monoisotopic (exact) mass is 456 g/mol. The molecule has 0 unspecified atom stereocenters. The number of aryl methyl sites for hydroxylation is 1. The van der Waals surface area contributed by atoms with Gasteiger partial charge in [-0.3, -0.25) is 0 Å². The maximum absolute atomic E-state index is 12.3. The van der Waals surface area contributed by atoms with Crippen molar-refractivity contribution in [2.24, 2.45) is 0 Å². The number of rotatable bonds is 12. The molecule has 0 amide bonds. The second-order valence-corrected chi connectivity index (χ2v) is 9.65. The van der Waals surface area contributed by atoms with Crippen molar-refractivity contribution in [2.45, 2.75) is 12.8 Å². The highest BCUT2D eigenvalue weighted by Gasteiger charge is 2.17. The number of benzene rings is 2. The minimum Gasteiger partial charge on any atom is -0.492 e. The van der Waals surface area contributed by atoms with Crippen LogP contribution in [0.2, 0.25) is 0 Å². The van der Waals surface area contributed by atoms with Crippen molar-refractivity contribution < 1.29 is 27.4 Å². The van der Waals surface area contributed by atoms with E-state index in [1.807, 2.05) is 30.3 Å². The summed E-state index contributed by atoms with van der Waals surface area (Å²) < 4.78 is 40.4. The number of allylic oxidation sites excluding steroid dienone is 1. The van der Waals surface area contributed by atoms with E-state index in [9.17, 15) is 13.2 Å². The Morgan fingerprint density at radius 3 is 2.50 bits per heavy atom. The average Bonchev–Trinajstić information content (AvgIpc) is 2.81. The Bertz CT molecular complexity index is 1060. The molecule has 0 saturated heterocycles. The Balaban J connectivity index is 1.50. The zero-order chi connectivity index (χ0) is 22.8. The van der Waals surface area contributed by atoms with Gasteiger partial charge in [-0.2, -0.15) is 0 Å². The molecule has 0 radical (unpaired) electrons. The van der Waals surface area contributed by atoms with Crippen LogP contribution in [0.15, 0.2) is 61.2 Å². The molecule has 0 spiro atoms. The van der Waals surface area contributed by atoms with Crippen LogP contribution in [0, 0.1) is 0 Å². The molecule has 170 valence electrons. The van der Waals surface area contributed by atoms with Gasteiger partial charge in [-0.15, -0.1) is 0 Å². The molecule has 3 rings (SSSR count). The first-order valence-electron chi connectivity index (χ1n) is 10.6. The fraction of sp³-hybridized carbons (Fsp3) is 0.320. The van der Waals surface area contributed by atoms with Crippen molar-refractivity contribution in [2.75, 3.05) is 37.9 Å². The number of carbonyl (C=O) groups is 1. The van der Waals surface area contributed by atoms with E-state index in [1.54, 1.807) is 0 Å². The van der Waals surface area contributed by atoms with E-state index < -0.39 is 15.8 Å². The topological polar surface area (TPSA) is 78.9 Å². The van der Waals surface area contributed by atoms with E-state index in [2.05, 4.69) is 30.9 Å². The highest BCUT2D eigenvalue weighted by atomic mass is 32.2. The molecule has 0 bridgehead atoms. The second-order valence-electron chi connectivity index (χ2n) is 7.35. The lowest BCUT2D eigenvalue weighted by Crippen LogP contribution is -2.21. The average molecular weight is 457 g/mol. The van der Waals surface area contributed by atoms with Gasteiger partial charge < -0.3 is 14.2 Å². The number of hydrogen-bond acceptors (Lipinski definition) is 6. The van der Waals surface area contributed by atoms with Crippen molar-refractivity contribution in [3.8, 4) is 5.75 Å². The first-order chi connectivity index (χ1) is 15.5. The molecule has 0 heterocycles. The normalized spacial score (nSPS) is 13.1. The maximum Gasteiger partial charge on any atom is 0.330 e. The predicted molar refractivity (Wildman–Crippen MR) is 125 cm³/mol. The molecule has 0 aromatic heterocycles. The number of carbonyl (C=O) groups excluding carboxylic acids is 1. The molecule has 0 N–H and O–H groups in total. The van der Waals surface area contributed by atoms with Gasteiger partial charge in [-0.05, 0) is 41.7 Å². The summed E-state index contributed by atoms with van der Waals surface area (Å²) in [5, 5.41) is 0. The van der Waals surface area contributed by atoms with E-state index in [-0.39, 0.29) is 37.9 Å². The lowest BCUT2D eigenvalue weighted by atomic mass is 9.88.